The molecule has 1 aliphatic rings. The summed E-state index contributed by atoms with van der Waals surface area (Å²) in [5, 5.41) is 8.49. The third-order valence-electron chi connectivity index (χ3n) is 4.53. The van der Waals surface area contributed by atoms with Crippen LogP contribution < -0.4 is 0 Å². The molecule has 7 heteroatoms. The summed E-state index contributed by atoms with van der Waals surface area (Å²) < 4.78 is 14.8. The van der Waals surface area contributed by atoms with Crippen LogP contribution in [0.15, 0.2) is 30.5 Å². The standard InChI is InChI=1S/C17H21FN4OS/c1-21(15-7-4-8-16(15)24-2)17(23)14-11-22(20-19-14)10-12-5-3-6-13(18)9-12/h3,5-6,9,11,15-16H,4,7-8,10H2,1-2H3/t15-,16+/m0/s1. The van der Waals surface area contributed by atoms with Crippen molar-refractivity contribution in [3.63, 3.8) is 0 Å². The Labute approximate surface area is 145 Å². The Hall–Kier alpha value is -1.89. The second-order valence-corrected chi connectivity index (χ2v) is 7.20. The number of thioether (sulfide) groups is 1. The van der Waals surface area contributed by atoms with Crippen molar-refractivity contribution in [2.24, 2.45) is 0 Å². The van der Waals surface area contributed by atoms with Crippen molar-refractivity contribution in [1.82, 2.24) is 19.9 Å². The molecule has 0 spiro atoms. The fourth-order valence-corrected chi connectivity index (χ4v) is 4.29. The molecule has 0 N–H and O–H groups in total. The van der Waals surface area contributed by atoms with Crippen LogP contribution in [0.1, 0.15) is 35.3 Å². The number of halogens is 1. The Morgan fingerprint density at radius 2 is 2.29 bits per heavy atom. The average Bonchev–Trinajstić information content (AvgIpc) is 3.22. The zero-order valence-electron chi connectivity index (χ0n) is 13.9. The largest absolute Gasteiger partial charge is 0.336 e. The van der Waals surface area contributed by atoms with Crippen LogP contribution in [0.3, 0.4) is 0 Å². The molecule has 1 aromatic heterocycles. The molecule has 1 aliphatic carbocycles. The highest BCUT2D eigenvalue weighted by Crippen LogP contribution is 2.32. The number of nitrogens with zero attached hydrogens (tertiary/aromatic N) is 4. The second kappa shape index (κ2) is 7.34. The SMILES string of the molecule is CS[C@@H]1CCC[C@@H]1N(C)C(=O)c1cn(Cc2cccc(F)c2)nn1. The van der Waals surface area contributed by atoms with Crippen LogP contribution in [0.5, 0.6) is 0 Å². The molecular weight excluding hydrogens is 327 g/mol. The first-order valence-electron chi connectivity index (χ1n) is 8.03. The smallest absolute Gasteiger partial charge is 0.276 e. The molecule has 2 atom stereocenters. The van der Waals surface area contributed by atoms with Gasteiger partial charge in [-0.05, 0) is 36.8 Å². The molecule has 0 aliphatic heterocycles. The summed E-state index contributed by atoms with van der Waals surface area (Å²) in [7, 11) is 1.84. The van der Waals surface area contributed by atoms with Crippen molar-refractivity contribution in [3.8, 4) is 0 Å². The molecule has 5 nitrogen and oxygen atoms in total. The number of aromatic nitrogens is 3. The van der Waals surface area contributed by atoms with E-state index < -0.39 is 0 Å². The van der Waals surface area contributed by atoms with Crippen molar-refractivity contribution in [1.29, 1.82) is 0 Å². The van der Waals surface area contributed by atoms with Crippen molar-refractivity contribution >= 4 is 17.7 Å². The normalized spacial score (nSPS) is 20.3. The third-order valence-corrected chi connectivity index (χ3v) is 5.68. The van der Waals surface area contributed by atoms with E-state index in [4.69, 9.17) is 0 Å². The molecule has 2 aromatic rings. The van der Waals surface area contributed by atoms with Crippen molar-refractivity contribution in [2.75, 3.05) is 13.3 Å². The Balaban J connectivity index is 1.69. The van der Waals surface area contributed by atoms with Crippen LogP contribution in [0.2, 0.25) is 0 Å². The number of hydrogen-bond donors (Lipinski definition) is 0. The Morgan fingerprint density at radius 1 is 1.46 bits per heavy atom. The monoisotopic (exact) mass is 348 g/mol. The van der Waals surface area contributed by atoms with Crippen LogP contribution in [-0.4, -0.2) is 50.4 Å². The average molecular weight is 348 g/mol. The van der Waals surface area contributed by atoms with Crippen molar-refractivity contribution in [2.45, 2.75) is 37.1 Å². The van der Waals surface area contributed by atoms with Gasteiger partial charge >= 0.3 is 0 Å². The summed E-state index contributed by atoms with van der Waals surface area (Å²) in [6, 6.07) is 6.58. The lowest BCUT2D eigenvalue weighted by Crippen LogP contribution is -2.40. The first-order valence-corrected chi connectivity index (χ1v) is 9.32. The van der Waals surface area contributed by atoms with Crippen LogP contribution in [0.4, 0.5) is 4.39 Å². The minimum Gasteiger partial charge on any atom is -0.336 e. The molecule has 1 heterocycles. The molecule has 0 saturated heterocycles. The highest BCUT2D eigenvalue weighted by molar-refractivity contribution is 7.99. The minimum absolute atomic E-state index is 0.105. The first-order chi connectivity index (χ1) is 11.6. The molecule has 1 fully saturated rings. The number of carbonyl (C=O) groups excluding carboxylic acids is 1. The van der Waals surface area contributed by atoms with Gasteiger partial charge in [0.05, 0.1) is 12.7 Å². The molecule has 0 radical (unpaired) electrons. The van der Waals surface area contributed by atoms with E-state index in [-0.39, 0.29) is 17.8 Å². The zero-order valence-corrected chi connectivity index (χ0v) is 14.7. The second-order valence-electron chi connectivity index (χ2n) is 6.12. The van der Waals surface area contributed by atoms with Gasteiger partial charge in [-0.2, -0.15) is 11.8 Å². The minimum atomic E-state index is -0.284. The molecule has 1 aromatic carbocycles. The van der Waals surface area contributed by atoms with Gasteiger partial charge in [0.15, 0.2) is 5.69 Å². The first kappa shape index (κ1) is 17.0. The fraction of sp³-hybridized carbons (Fsp3) is 0.471. The Morgan fingerprint density at radius 3 is 3.04 bits per heavy atom. The molecular formula is C17H21FN4OS. The highest BCUT2D eigenvalue weighted by Gasteiger charge is 2.33. The number of carbonyl (C=O) groups is 1. The molecule has 24 heavy (non-hydrogen) atoms. The van der Waals surface area contributed by atoms with Gasteiger partial charge in [-0.3, -0.25) is 4.79 Å². The van der Waals surface area contributed by atoms with Crippen molar-refractivity contribution in [3.05, 3.63) is 47.5 Å². The van der Waals surface area contributed by atoms with Gasteiger partial charge in [0, 0.05) is 18.3 Å². The van der Waals surface area contributed by atoms with E-state index in [1.54, 1.807) is 21.8 Å². The quantitative estimate of drug-likeness (QED) is 0.834. The lowest BCUT2D eigenvalue weighted by molar-refractivity contribution is 0.0732. The van der Waals surface area contributed by atoms with E-state index in [1.165, 1.54) is 12.1 Å². The maximum absolute atomic E-state index is 13.2. The van der Waals surface area contributed by atoms with E-state index in [9.17, 15) is 9.18 Å². The Kier molecular flexibility index (Phi) is 5.18. The van der Waals surface area contributed by atoms with E-state index in [0.717, 1.165) is 24.8 Å². The van der Waals surface area contributed by atoms with Gasteiger partial charge < -0.3 is 4.90 Å². The highest BCUT2D eigenvalue weighted by atomic mass is 32.2. The molecule has 128 valence electrons. The zero-order chi connectivity index (χ0) is 17.1. The maximum atomic E-state index is 13.2. The summed E-state index contributed by atoms with van der Waals surface area (Å²) in [5.74, 6) is -0.389. The van der Waals surface area contributed by atoms with Gasteiger partial charge in [0.25, 0.3) is 5.91 Å². The van der Waals surface area contributed by atoms with Crippen LogP contribution in [0, 0.1) is 5.82 Å². The Bertz CT molecular complexity index is 720. The molecule has 1 amide bonds. The van der Waals surface area contributed by atoms with E-state index >= 15 is 0 Å². The van der Waals surface area contributed by atoms with Gasteiger partial charge in [-0.25, -0.2) is 9.07 Å². The predicted molar refractivity (Wildman–Crippen MR) is 92.6 cm³/mol. The molecule has 1 saturated carbocycles. The van der Waals surface area contributed by atoms with Gasteiger partial charge in [-0.15, -0.1) is 5.10 Å². The number of amides is 1. The topological polar surface area (TPSA) is 51.0 Å². The van der Waals surface area contributed by atoms with Gasteiger partial charge in [0.2, 0.25) is 0 Å². The fourth-order valence-electron chi connectivity index (χ4n) is 3.25. The predicted octanol–water partition coefficient (Wildman–Crippen LogP) is 2.82. The summed E-state index contributed by atoms with van der Waals surface area (Å²) >= 11 is 1.82. The maximum Gasteiger partial charge on any atom is 0.276 e. The summed E-state index contributed by atoms with van der Waals surface area (Å²) in [5.41, 5.74) is 1.12. The molecule has 0 bridgehead atoms. The van der Waals surface area contributed by atoms with E-state index in [0.29, 0.717) is 17.5 Å². The number of rotatable bonds is 5. The van der Waals surface area contributed by atoms with Crippen molar-refractivity contribution < 1.29 is 9.18 Å². The number of hydrogen-bond acceptors (Lipinski definition) is 4. The van der Waals surface area contributed by atoms with Crippen LogP contribution in [-0.2, 0) is 6.54 Å². The molecule has 0 unspecified atom stereocenters. The van der Waals surface area contributed by atoms with Crippen LogP contribution >= 0.6 is 11.8 Å². The summed E-state index contributed by atoms with van der Waals surface area (Å²) in [6.07, 6.45) is 7.06. The van der Waals surface area contributed by atoms with Gasteiger partial charge in [-0.1, -0.05) is 23.8 Å². The number of benzene rings is 1. The lowest BCUT2D eigenvalue weighted by atomic mass is 10.2. The third kappa shape index (κ3) is 3.61. The van der Waals surface area contributed by atoms with Gasteiger partial charge in [0.1, 0.15) is 5.82 Å². The molecule has 3 rings (SSSR count). The lowest BCUT2D eigenvalue weighted by Gasteiger charge is -2.28. The summed E-state index contributed by atoms with van der Waals surface area (Å²) in [6.45, 7) is 0.388. The van der Waals surface area contributed by atoms with E-state index in [1.807, 2.05) is 24.9 Å². The summed E-state index contributed by atoms with van der Waals surface area (Å²) in [4.78, 5) is 14.5. The van der Waals surface area contributed by atoms with Crippen LogP contribution in [0.25, 0.3) is 0 Å². The van der Waals surface area contributed by atoms with E-state index in [2.05, 4.69) is 16.6 Å².